The summed E-state index contributed by atoms with van der Waals surface area (Å²) in [5, 5.41) is 7.24. The van der Waals surface area contributed by atoms with Crippen molar-refractivity contribution in [1.29, 1.82) is 0 Å². The van der Waals surface area contributed by atoms with Gasteiger partial charge >= 0.3 is 0 Å². The van der Waals surface area contributed by atoms with E-state index in [1.807, 2.05) is 6.07 Å². The number of hydrogen-bond donors (Lipinski definition) is 0. The van der Waals surface area contributed by atoms with E-state index in [4.69, 9.17) is 4.42 Å². The SMILES string of the molecule is c1ccc(C2(c3ccc(N(c4ccc5c(c4)n4c6ccccc6c6ccc7c8ccccc8n5c7c64)c4cccc5c4oc4ccccc45)cc3)c3ccccc3-c3ccccc32)cc1. The predicted octanol–water partition coefficient (Wildman–Crippen LogP) is 16.0. The van der Waals surface area contributed by atoms with Crippen LogP contribution in [-0.4, -0.2) is 8.80 Å². The molecule has 0 unspecified atom stereocenters. The van der Waals surface area contributed by atoms with E-state index in [1.165, 1.54) is 77.0 Å². The minimum absolute atomic E-state index is 0.499. The number of para-hydroxylation sites is 4. The maximum Gasteiger partial charge on any atom is 0.159 e. The van der Waals surface area contributed by atoms with Gasteiger partial charge in [0, 0.05) is 43.7 Å². The van der Waals surface area contributed by atoms with Crippen molar-refractivity contribution in [2.24, 2.45) is 0 Å². The first-order valence-corrected chi connectivity index (χ1v) is 22.4. The minimum atomic E-state index is -0.499. The number of fused-ring (bicyclic) bond motifs is 15. The number of nitrogens with zero attached hydrogens (tertiary/aromatic N) is 3. The van der Waals surface area contributed by atoms with Gasteiger partial charge in [-0.1, -0.05) is 170 Å². The summed E-state index contributed by atoms with van der Waals surface area (Å²) in [5.74, 6) is 0. The van der Waals surface area contributed by atoms with E-state index in [2.05, 4.69) is 232 Å². The minimum Gasteiger partial charge on any atom is -0.454 e. The number of hydrogen-bond acceptors (Lipinski definition) is 2. The lowest BCUT2D eigenvalue weighted by Gasteiger charge is -2.34. The summed E-state index contributed by atoms with van der Waals surface area (Å²) in [6, 6.07) is 82.5. The van der Waals surface area contributed by atoms with Gasteiger partial charge < -0.3 is 18.1 Å². The Labute approximate surface area is 373 Å². The molecule has 0 bridgehead atoms. The first-order valence-electron chi connectivity index (χ1n) is 22.4. The third kappa shape index (κ3) is 4.45. The Morgan fingerprint density at radius 2 is 0.892 bits per heavy atom. The molecule has 0 N–H and O–H groups in total. The Balaban J connectivity index is 1.02. The number of furan rings is 1. The summed E-state index contributed by atoms with van der Waals surface area (Å²) in [6.07, 6.45) is 0. The molecular weight excluding hydrogens is 791 g/mol. The van der Waals surface area contributed by atoms with Gasteiger partial charge in [-0.2, -0.15) is 0 Å². The Hall–Kier alpha value is -8.60. The van der Waals surface area contributed by atoms with Crippen molar-refractivity contribution >= 4 is 93.6 Å². The summed E-state index contributed by atoms with van der Waals surface area (Å²) < 4.78 is 11.8. The van der Waals surface area contributed by atoms with Crippen molar-refractivity contribution in [2.45, 2.75) is 5.41 Å². The van der Waals surface area contributed by atoms with Gasteiger partial charge in [-0.25, -0.2) is 0 Å². The summed E-state index contributed by atoms with van der Waals surface area (Å²) in [7, 11) is 0. The normalized spacial score (nSPS) is 13.4. The summed E-state index contributed by atoms with van der Waals surface area (Å²) in [4.78, 5) is 2.40. The molecule has 0 radical (unpaired) electrons. The van der Waals surface area contributed by atoms with E-state index in [9.17, 15) is 0 Å². The second-order valence-corrected chi connectivity index (χ2v) is 17.6. The van der Waals surface area contributed by atoms with Gasteiger partial charge in [-0.3, -0.25) is 0 Å². The van der Waals surface area contributed by atoms with Crippen LogP contribution in [0.5, 0.6) is 0 Å². The molecule has 4 aromatic heterocycles. The Bertz CT molecular complexity index is 4200. The average molecular weight is 828 g/mol. The van der Waals surface area contributed by atoms with Crippen LogP contribution < -0.4 is 4.90 Å². The third-order valence-electron chi connectivity index (χ3n) is 14.5. The summed E-state index contributed by atoms with van der Waals surface area (Å²) in [5.41, 5.74) is 19.1. The molecule has 302 valence electrons. The van der Waals surface area contributed by atoms with Crippen LogP contribution in [0.4, 0.5) is 17.1 Å². The predicted molar refractivity (Wildman–Crippen MR) is 269 cm³/mol. The Kier molecular flexibility index (Phi) is 6.85. The van der Waals surface area contributed by atoms with Crippen molar-refractivity contribution in [3.63, 3.8) is 0 Å². The zero-order valence-electron chi connectivity index (χ0n) is 35.1. The highest BCUT2D eigenvalue weighted by molar-refractivity contribution is 6.25. The van der Waals surface area contributed by atoms with Crippen LogP contribution >= 0.6 is 0 Å². The van der Waals surface area contributed by atoms with Crippen LogP contribution in [0.15, 0.2) is 229 Å². The highest BCUT2D eigenvalue weighted by atomic mass is 16.3. The zero-order valence-corrected chi connectivity index (χ0v) is 35.1. The number of benzene rings is 10. The van der Waals surface area contributed by atoms with E-state index < -0.39 is 5.41 Å². The van der Waals surface area contributed by atoms with Crippen LogP contribution in [0.1, 0.15) is 22.3 Å². The number of aromatic nitrogens is 2. The molecule has 4 nitrogen and oxygen atoms in total. The molecule has 10 aromatic carbocycles. The highest BCUT2D eigenvalue weighted by Crippen LogP contribution is 2.56. The van der Waals surface area contributed by atoms with Crippen molar-refractivity contribution in [1.82, 2.24) is 8.80 Å². The second kappa shape index (κ2) is 12.7. The standard InChI is InChI=1S/C61H37N3O/c1-2-15-38(16-3-1)61(50-23-9-4-17-42(50)43-18-5-10-24-51(43)61)39-29-31-40(32-30-39)62(55-27-14-22-49-46-21-8-13-28-57(46)65-60(49)55)41-33-36-54-56(37-41)64-53-26-12-7-20-45(53)48-35-34-47-44-19-6-11-25-52(44)63(54)58(47)59(48)64/h1-37H. The Morgan fingerprint density at radius 3 is 1.58 bits per heavy atom. The molecule has 1 aliphatic rings. The van der Waals surface area contributed by atoms with E-state index in [-0.39, 0.29) is 0 Å². The van der Waals surface area contributed by atoms with Crippen LogP contribution in [0.3, 0.4) is 0 Å². The van der Waals surface area contributed by atoms with Crippen molar-refractivity contribution < 1.29 is 4.42 Å². The maximum atomic E-state index is 6.84. The van der Waals surface area contributed by atoms with Gasteiger partial charge in [0.25, 0.3) is 0 Å². The third-order valence-corrected chi connectivity index (χ3v) is 14.5. The molecule has 0 spiro atoms. The molecule has 0 saturated heterocycles. The zero-order chi connectivity index (χ0) is 42.4. The van der Waals surface area contributed by atoms with E-state index in [0.717, 1.165) is 50.0 Å². The van der Waals surface area contributed by atoms with Crippen LogP contribution in [0.2, 0.25) is 0 Å². The van der Waals surface area contributed by atoms with Crippen LogP contribution in [-0.2, 0) is 5.41 Å². The lowest BCUT2D eigenvalue weighted by molar-refractivity contribution is 0.669. The Morgan fingerprint density at radius 1 is 0.354 bits per heavy atom. The van der Waals surface area contributed by atoms with Gasteiger partial charge in [0.05, 0.1) is 44.2 Å². The summed E-state index contributed by atoms with van der Waals surface area (Å²) in [6.45, 7) is 0. The molecule has 15 rings (SSSR count). The fourth-order valence-electron chi connectivity index (χ4n) is 11.9. The van der Waals surface area contributed by atoms with Crippen molar-refractivity contribution in [3.8, 4) is 11.1 Å². The topological polar surface area (TPSA) is 25.2 Å². The molecule has 0 saturated carbocycles. The number of anilines is 3. The molecule has 0 aliphatic heterocycles. The average Bonchev–Trinajstić information content (AvgIpc) is 4.11. The molecule has 4 heterocycles. The molecule has 0 amide bonds. The fraction of sp³-hybridized carbons (Fsp3) is 0.0164. The lowest BCUT2D eigenvalue weighted by atomic mass is 9.68. The lowest BCUT2D eigenvalue weighted by Crippen LogP contribution is -2.28. The molecule has 4 heteroatoms. The van der Waals surface area contributed by atoms with Crippen molar-refractivity contribution in [2.75, 3.05) is 4.90 Å². The van der Waals surface area contributed by atoms with Gasteiger partial charge in [-0.05, 0) is 88.0 Å². The highest BCUT2D eigenvalue weighted by Gasteiger charge is 2.45. The van der Waals surface area contributed by atoms with E-state index in [0.29, 0.717) is 0 Å². The van der Waals surface area contributed by atoms with Crippen LogP contribution in [0.25, 0.3) is 87.7 Å². The molecular formula is C61H37N3O. The van der Waals surface area contributed by atoms with E-state index >= 15 is 0 Å². The molecule has 1 aliphatic carbocycles. The van der Waals surface area contributed by atoms with Crippen molar-refractivity contribution in [3.05, 3.63) is 247 Å². The molecule has 0 atom stereocenters. The fourth-order valence-corrected chi connectivity index (χ4v) is 11.9. The van der Waals surface area contributed by atoms with Gasteiger partial charge in [0.15, 0.2) is 5.58 Å². The van der Waals surface area contributed by atoms with Gasteiger partial charge in [0.1, 0.15) is 5.58 Å². The molecule has 0 fully saturated rings. The molecule has 14 aromatic rings. The second-order valence-electron chi connectivity index (χ2n) is 17.6. The summed E-state index contributed by atoms with van der Waals surface area (Å²) >= 11 is 0. The smallest absolute Gasteiger partial charge is 0.159 e. The monoisotopic (exact) mass is 827 g/mol. The van der Waals surface area contributed by atoms with E-state index in [1.54, 1.807) is 0 Å². The first-order chi connectivity index (χ1) is 32.3. The van der Waals surface area contributed by atoms with Gasteiger partial charge in [-0.15, -0.1) is 0 Å². The largest absolute Gasteiger partial charge is 0.454 e. The number of rotatable bonds is 5. The first kappa shape index (κ1) is 34.9. The van der Waals surface area contributed by atoms with Gasteiger partial charge in [0.2, 0.25) is 0 Å². The molecule has 65 heavy (non-hydrogen) atoms. The van der Waals surface area contributed by atoms with Crippen LogP contribution in [0, 0.1) is 0 Å². The maximum absolute atomic E-state index is 6.84. The quantitative estimate of drug-likeness (QED) is 0.162.